The first-order valence-corrected chi connectivity index (χ1v) is 46.4. The van der Waals surface area contributed by atoms with Crippen LogP contribution in [0.3, 0.4) is 0 Å². The van der Waals surface area contributed by atoms with Crippen molar-refractivity contribution in [3.8, 4) is 40.4 Å². The fourth-order valence-corrected chi connectivity index (χ4v) is 39.7. The van der Waals surface area contributed by atoms with Gasteiger partial charge in [0.15, 0.2) is 0 Å². The Morgan fingerprint density at radius 1 is 0.471 bits per heavy atom. The zero-order chi connectivity index (χ0) is 48.4. The van der Waals surface area contributed by atoms with Gasteiger partial charge in [0.1, 0.15) is 8.07 Å². The molecular weight excluding hydrogens is 1060 g/mol. The topological polar surface area (TPSA) is 25.8 Å². The van der Waals surface area contributed by atoms with Crippen LogP contribution in [0.1, 0.15) is 163 Å². The fraction of sp³-hybridized carbons (Fsp3) is 0.621. The smallest absolute Gasteiger partial charge is 0.0343 e. The van der Waals surface area contributed by atoms with Gasteiger partial charge in [0.05, 0.1) is 0 Å². The minimum Gasteiger partial charge on any atom is -0.0343 e. The van der Waals surface area contributed by atoms with Gasteiger partial charge in [0.2, 0.25) is 0 Å². The maximum atomic E-state index is 5.24. The van der Waals surface area contributed by atoms with Gasteiger partial charge >= 0.3 is 284 Å². The number of thiophene rings is 4. The number of benzene rings is 1. The number of aryl methyl sites for hydroxylation is 1. The zero-order valence-corrected chi connectivity index (χ0v) is 53.3. The Hall–Kier alpha value is -0.928. The molecule has 5 aromatic heterocycles. The van der Waals surface area contributed by atoms with Gasteiger partial charge < -0.3 is 0 Å². The minimum atomic E-state index is -2.34. The number of hydrogen-bond acceptors (Lipinski definition) is 7. The molecule has 2 nitrogen and oxygen atoms in total. The molecule has 0 spiro atoms. The van der Waals surface area contributed by atoms with Crippen molar-refractivity contribution in [2.24, 2.45) is 23.7 Å². The summed E-state index contributed by atoms with van der Waals surface area (Å²) >= 11 is 7.64. The van der Waals surface area contributed by atoms with E-state index in [-0.39, 0.29) is 0 Å². The molecule has 10 heteroatoms. The second-order valence-corrected chi connectivity index (χ2v) is 51.2. The van der Waals surface area contributed by atoms with Crippen molar-refractivity contribution >= 4 is 126 Å². The fourth-order valence-electron chi connectivity index (χ4n) is 12.8. The van der Waals surface area contributed by atoms with Crippen LogP contribution in [0.15, 0.2) is 36.4 Å². The third-order valence-corrected chi connectivity index (χ3v) is 43.3. The summed E-state index contributed by atoms with van der Waals surface area (Å²) in [5.41, 5.74) is 4.88. The third kappa shape index (κ3) is 10.4. The van der Waals surface area contributed by atoms with Gasteiger partial charge in [-0.25, -0.2) is 0 Å². The minimum absolute atomic E-state index is 0.803. The van der Waals surface area contributed by atoms with Crippen molar-refractivity contribution in [1.29, 1.82) is 0 Å². The SMILES string of the molecule is CCCCC(CC)C[Si]1(CC(CC)CCCC)c2cc(C)sc2-c2sc(-c3ccc(-c4cc5c(s4)-c4s[c]([Sn]([CH3])([CH3])[CH3])cc4[Si]5(CC(CC)CCCC)CC(CC)CCCC)c4nsnc34)cc21. The molecule has 4 atom stereocenters. The van der Waals surface area contributed by atoms with Crippen LogP contribution < -0.4 is 23.6 Å². The molecule has 1 aromatic carbocycles. The van der Waals surface area contributed by atoms with Crippen LogP contribution in [0.2, 0.25) is 39.0 Å². The molecule has 0 radical (unpaired) electrons. The van der Waals surface area contributed by atoms with Gasteiger partial charge in [-0.2, -0.15) is 0 Å². The molecule has 7 heterocycles. The summed E-state index contributed by atoms with van der Waals surface area (Å²) in [5.74, 6) is 3.22. The molecule has 0 fully saturated rings. The van der Waals surface area contributed by atoms with Gasteiger partial charge in [-0.05, 0) is 47.3 Å². The first-order chi connectivity index (χ1) is 32.8. The average molecular weight is 1150 g/mol. The van der Waals surface area contributed by atoms with E-state index in [4.69, 9.17) is 8.75 Å². The zero-order valence-electron chi connectivity index (χ0n) is 44.4. The van der Waals surface area contributed by atoms with E-state index in [0.29, 0.717) is 0 Å². The molecule has 4 unspecified atom stereocenters. The predicted molar refractivity (Wildman–Crippen MR) is 321 cm³/mol. The number of rotatable bonds is 27. The van der Waals surface area contributed by atoms with E-state index in [2.05, 4.69) is 159 Å². The van der Waals surface area contributed by atoms with Crippen LogP contribution in [0, 0.1) is 30.6 Å². The van der Waals surface area contributed by atoms with E-state index < -0.39 is 34.5 Å². The normalized spacial score (nSPS) is 19.4. The van der Waals surface area contributed by atoms with Crippen LogP contribution in [-0.4, -0.2) is 43.3 Å². The van der Waals surface area contributed by atoms with Crippen molar-refractivity contribution < 1.29 is 0 Å². The van der Waals surface area contributed by atoms with E-state index in [0.717, 1.165) is 34.7 Å². The van der Waals surface area contributed by atoms with Crippen molar-refractivity contribution in [2.75, 3.05) is 0 Å². The second kappa shape index (κ2) is 23.1. The van der Waals surface area contributed by atoms with E-state index in [9.17, 15) is 0 Å². The Morgan fingerprint density at radius 3 is 1.19 bits per heavy atom. The molecule has 68 heavy (non-hydrogen) atoms. The van der Waals surface area contributed by atoms with Gasteiger partial charge in [0, 0.05) is 14.6 Å². The number of fused-ring (bicyclic) bond motifs is 7. The molecule has 6 aromatic rings. The first-order valence-electron chi connectivity index (χ1n) is 27.6. The molecule has 8 rings (SSSR count). The molecule has 0 saturated carbocycles. The molecule has 2 aliphatic heterocycles. The molecular formula is C58H86N2S5Si2Sn. The quantitative estimate of drug-likeness (QED) is 0.0481. The second-order valence-electron chi connectivity index (χ2n) is 22.7. The van der Waals surface area contributed by atoms with E-state index >= 15 is 0 Å². The van der Waals surface area contributed by atoms with Crippen LogP contribution in [-0.2, 0) is 0 Å². The van der Waals surface area contributed by atoms with Crippen LogP contribution in [0.25, 0.3) is 51.4 Å². The molecule has 0 bridgehead atoms. The first kappa shape index (κ1) is 53.4. The van der Waals surface area contributed by atoms with E-state index in [1.165, 1.54) is 164 Å². The Labute approximate surface area is 440 Å². The van der Waals surface area contributed by atoms with E-state index in [1.807, 2.05) is 5.19 Å². The van der Waals surface area contributed by atoms with Crippen molar-refractivity contribution in [3.05, 3.63) is 41.3 Å². The monoisotopic (exact) mass is 1150 g/mol. The Bertz CT molecular complexity index is 2570. The molecule has 0 saturated heterocycles. The van der Waals surface area contributed by atoms with E-state index in [1.54, 1.807) is 38.0 Å². The Kier molecular flexibility index (Phi) is 18.1. The molecule has 0 aliphatic carbocycles. The molecule has 370 valence electrons. The molecule has 0 N–H and O–H groups in total. The van der Waals surface area contributed by atoms with Crippen molar-refractivity contribution in [1.82, 2.24) is 8.75 Å². The number of hydrogen-bond donors (Lipinski definition) is 0. The van der Waals surface area contributed by atoms with Gasteiger partial charge in [-0.15, -0.1) is 11.3 Å². The summed E-state index contributed by atoms with van der Waals surface area (Å²) in [6, 6.07) is 21.7. The van der Waals surface area contributed by atoms with Gasteiger partial charge in [-0.3, -0.25) is 0 Å². The molecule has 2 aliphatic rings. The Balaban J connectivity index is 1.25. The number of unbranched alkanes of at least 4 members (excludes halogenated alkanes) is 4. The van der Waals surface area contributed by atoms with Crippen molar-refractivity contribution in [2.45, 2.75) is 204 Å². The summed E-state index contributed by atoms with van der Waals surface area (Å²) in [6.07, 6.45) is 21.4. The van der Waals surface area contributed by atoms with Crippen LogP contribution in [0.5, 0.6) is 0 Å². The average Bonchev–Trinajstić information content (AvgIpc) is 4.20. The summed E-state index contributed by atoms with van der Waals surface area (Å²) in [4.78, 5) is 18.9. The predicted octanol–water partition coefficient (Wildman–Crippen LogP) is 18.1. The Morgan fingerprint density at radius 2 is 0.824 bits per heavy atom. The standard InChI is InChI=1S/C55H77N2S5Si2.3CH3.Sn/c1-10-18-22-38(14-5)33-63(34-39(15-6)23-19-11-2)46-28-29-58-52(46)53-48(63)31-44(60-53)42-26-27-43(51-50(42)56-62-57-51)45-32-49-55(61-45)54-47(30-37(9)59-54)64(49,35-40(16-7)24-20-12-3)36-41(17-8)25-21-13-4;;;;/h26-28,30-32,38-41H,10-25,33-36H2,1-9H3;3*1H3;. The summed E-state index contributed by atoms with van der Waals surface area (Å²) in [7, 11) is -4.14. The van der Waals surface area contributed by atoms with Gasteiger partial charge in [-0.1, -0.05) is 79.1 Å². The van der Waals surface area contributed by atoms with Gasteiger partial charge in [0.25, 0.3) is 0 Å². The third-order valence-electron chi connectivity index (χ3n) is 16.9. The number of aromatic nitrogens is 2. The summed E-state index contributed by atoms with van der Waals surface area (Å²) in [5, 5.41) is 7.24. The van der Waals surface area contributed by atoms with Crippen LogP contribution >= 0.6 is 57.1 Å². The summed E-state index contributed by atoms with van der Waals surface area (Å²) < 4.78 is 12.3. The van der Waals surface area contributed by atoms with Crippen molar-refractivity contribution in [3.63, 3.8) is 0 Å². The maximum absolute atomic E-state index is 5.24. The number of nitrogens with zero attached hydrogens (tertiary/aromatic N) is 2. The van der Waals surface area contributed by atoms with Crippen LogP contribution in [0.4, 0.5) is 0 Å². The summed E-state index contributed by atoms with van der Waals surface area (Å²) in [6.45, 7) is 21.9. The molecule has 0 amide bonds.